The van der Waals surface area contributed by atoms with Crippen LogP contribution >= 0.6 is 0 Å². The first-order chi connectivity index (χ1) is 16.3. The van der Waals surface area contributed by atoms with Crippen LogP contribution in [0.3, 0.4) is 0 Å². The fourth-order valence-corrected chi connectivity index (χ4v) is 5.02. The summed E-state index contributed by atoms with van der Waals surface area (Å²) in [4.78, 5) is 12.5. The number of aromatic amines is 1. The predicted octanol–water partition coefficient (Wildman–Crippen LogP) is 6.01. The number of aromatic nitrogens is 2. The largest absolute Gasteiger partial charge is 0.444 e. The van der Waals surface area contributed by atoms with Gasteiger partial charge in [0.15, 0.2) is 0 Å². The van der Waals surface area contributed by atoms with E-state index in [9.17, 15) is 4.79 Å². The van der Waals surface area contributed by atoms with Crippen LogP contribution in [0.2, 0.25) is 0 Å². The second kappa shape index (κ2) is 10.7. The Bertz CT molecular complexity index is 983. The highest BCUT2D eigenvalue weighted by molar-refractivity contribution is 5.68. The number of hydrogen-bond acceptors (Lipinski definition) is 4. The molecule has 6 nitrogen and oxygen atoms in total. The fraction of sp³-hybridized carbons (Fsp3) is 0.655. The van der Waals surface area contributed by atoms with E-state index in [-0.39, 0.29) is 23.1 Å². The Morgan fingerprint density at radius 2 is 1.94 bits per heavy atom. The van der Waals surface area contributed by atoms with Crippen molar-refractivity contribution in [1.82, 2.24) is 20.8 Å². The van der Waals surface area contributed by atoms with Gasteiger partial charge in [-0.2, -0.15) is 5.10 Å². The fourth-order valence-electron chi connectivity index (χ4n) is 5.02. The number of nitrogens with zero attached hydrogens (tertiary/aromatic N) is 1. The summed E-state index contributed by atoms with van der Waals surface area (Å²) in [6.07, 6.45) is 6.31. The number of amides is 1. The molecule has 1 aromatic heterocycles. The van der Waals surface area contributed by atoms with E-state index in [0.29, 0.717) is 5.92 Å². The highest BCUT2D eigenvalue weighted by atomic mass is 16.6. The summed E-state index contributed by atoms with van der Waals surface area (Å²) in [7, 11) is 0. The van der Waals surface area contributed by atoms with Crippen LogP contribution in [-0.2, 0) is 28.5 Å². The summed E-state index contributed by atoms with van der Waals surface area (Å²) in [5.41, 5.74) is 4.57. The molecular formula is C29H46N4O2. The maximum atomic E-state index is 12.5. The van der Waals surface area contributed by atoms with Crippen LogP contribution in [0.15, 0.2) is 30.5 Å². The lowest BCUT2D eigenvalue weighted by atomic mass is 9.74. The monoisotopic (exact) mass is 482 g/mol. The molecule has 2 aromatic rings. The Balaban J connectivity index is 1.79. The number of alkyl carbamates (subject to hydrolysis) is 1. The van der Waals surface area contributed by atoms with Gasteiger partial charge in [0.2, 0.25) is 0 Å². The first-order valence-electron chi connectivity index (χ1n) is 13.1. The zero-order valence-corrected chi connectivity index (χ0v) is 23.0. The van der Waals surface area contributed by atoms with E-state index in [1.54, 1.807) is 0 Å². The van der Waals surface area contributed by atoms with E-state index in [4.69, 9.17) is 4.74 Å². The SMILES string of the molecule is CC(C)C[C@@H](CCNC1(c2cccc(C(C)(C)C)c2)CCc2n[nH]cc2C1)NC(=O)OC(C)(C)C. The van der Waals surface area contributed by atoms with Crippen molar-refractivity contribution >= 4 is 6.09 Å². The van der Waals surface area contributed by atoms with Gasteiger partial charge in [-0.15, -0.1) is 0 Å². The number of rotatable bonds is 8. The van der Waals surface area contributed by atoms with Gasteiger partial charge in [-0.3, -0.25) is 5.10 Å². The van der Waals surface area contributed by atoms with Gasteiger partial charge in [0.25, 0.3) is 0 Å². The molecule has 3 N–H and O–H groups in total. The van der Waals surface area contributed by atoms with Gasteiger partial charge < -0.3 is 15.4 Å². The maximum absolute atomic E-state index is 12.5. The van der Waals surface area contributed by atoms with Crippen molar-refractivity contribution in [3.05, 3.63) is 52.8 Å². The summed E-state index contributed by atoms with van der Waals surface area (Å²) >= 11 is 0. The molecule has 3 rings (SSSR count). The lowest BCUT2D eigenvalue weighted by molar-refractivity contribution is 0.0495. The molecule has 6 heteroatoms. The number of benzene rings is 1. The predicted molar refractivity (Wildman–Crippen MR) is 143 cm³/mol. The number of fused-ring (bicyclic) bond motifs is 1. The number of hydrogen-bond donors (Lipinski definition) is 3. The van der Waals surface area contributed by atoms with E-state index >= 15 is 0 Å². The molecule has 0 saturated heterocycles. The third kappa shape index (κ3) is 7.57. The lowest BCUT2D eigenvalue weighted by Crippen LogP contribution is -2.49. The second-order valence-corrected chi connectivity index (χ2v) is 12.6. The zero-order chi connectivity index (χ0) is 25.9. The van der Waals surface area contributed by atoms with Crippen molar-refractivity contribution in [3.8, 4) is 0 Å². The second-order valence-electron chi connectivity index (χ2n) is 12.6. The molecule has 0 spiro atoms. The Hall–Kier alpha value is -2.34. The van der Waals surface area contributed by atoms with Crippen LogP contribution in [0, 0.1) is 5.92 Å². The molecule has 194 valence electrons. The van der Waals surface area contributed by atoms with E-state index in [1.807, 2.05) is 27.0 Å². The highest BCUT2D eigenvalue weighted by Gasteiger charge is 2.37. The van der Waals surface area contributed by atoms with Crippen LogP contribution in [0.4, 0.5) is 4.79 Å². The smallest absolute Gasteiger partial charge is 0.407 e. The minimum absolute atomic E-state index is 0.0587. The molecule has 0 fully saturated rings. The zero-order valence-electron chi connectivity index (χ0n) is 23.0. The van der Waals surface area contributed by atoms with Gasteiger partial charge in [-0.05, 0) is 87.4 Å². The first-order valence-corrected chi connectivity index (χ1v) is 13.1. The van der Waals surface area contributed by atoms with Crippen molar-refractivity contribution in [1.29, 1.82) is 0 Å². The van der Waals surface area contributed by atoms with Crippen LogP contribution < -0.4 is 10.6 Å². The van der Waals surface area contributed by atoms with Crippen LogP contribution in [0.5, 0.6) is 0 Å². The van der Waals surface area contributed by atoms with Crippen molar-refractivity contribution in [2.75, 3.05) is 6.54 Å². The summed E-state index contributed by atoms with van der Waals surface area (Å²) in [5, 5.41) is 14.6. The van der Waals surface area contributed by atoms with Crippen molar-refractivity contribution in [2.24, 2.45) is 5.92 Å². The van der Waals surface area contributed by atoms with E-state index in [0.717, 1.165) is 38.6 Å². The molecule has 0 bridgehead atoms. The van der Waals surface area contributed by atoms with E-state index < -0.39 is 5.60 Å². The number of carbonyl (C=O) groups is 1. The Labute approximate surface area is 212 Å². The number of H-pyrrole nitrogens is 1. The van der Waals surface area contributed by atoms with Crippen molar-refractivity contribution < 1.29 is 9.53 Å². The molecular weight excluding hydrogens is 436 g/mol. The minimum atomic E-state index is -0.503. The topological polar surface area (TPSA) is 79.0 Å². The Morgan fingerprint density at radius 3 is 2.60 bits per heavy atom. The molecule has 1 aliphatic carbocycles. The highest BCUT2D eigenvalue weighted by Crippen LogP contribution is 2.37. The normalized spacial score (nSPS) is 19.3. The van der Waals surface area contributed by atoms with Gasteiger partial charge >= 0.3 is 6.09 Å². The summed E-state index contributed by atoms with van der Waals surface area (Å²) in [6, 6.07) is 9.12. The third-order valence-electron chi connectivity index (χ3n) is 6.80. The number of ether oxygens (including phenoxy) is 1. The molecule has 0 radical (unpaired) electrons. The molecule has 1 heterocycles. The van der Waals surface area contributed by atoms with Crippen molar-refractivity contribution in [3.63, 3.8) is 0 Å². The van der Waals surface area contributed by atoms with Crippen molar-refractivity contribution in [2.45, 2.75) is 110 Å². The van der Waals surface area contributed by atoms with Crippen LogP contribution in [-0.4, -0.2) is 34.5 Å². The molecule has 35 heavy (non-hydrogen) atoms. The van der Waals surface area contributed by atoms with Gasteiger partial charge in [-0.1, -0.05) is 58.9 Å². The number of nitrogens with one attached hydrogen (secondary N) is 3. The van der Waals surface area contributed by atoms with Crippen LogP contribution in [0.1, 0.15) is 97.0 Å². The molecule has 0 saturated carbocycles. The molecule has 1 aromatic carbocycles. The quantitative estimate of drug-likeness (QED) is 0.430. The van der Waals surface area contributed by atoms with Gasteiger partial charge in [0, 0.05) is 17.8 Å². The Morgan fingerprint density at radius 1 is 1.20 bits per heavy atom. The molecule has 1 amide bonds. The van der Waals surface area contributed by atoms with Gasteiger partial charge in [0.1, 0.15) is 5.60 Å². The van der Waals surface area contributed by atoms with E-state index in [1.165, 1.54) is 22.4 Å². The first kappa shape index (κ1) is 27.3. The van der Waals surface area contributed by atoms with Gasteiger partial charge in [0.05, 0.1) is 5.69 Å². The molecule has 1 aliphatic rings. The van der Waals surface area contributed by atoms with Crippen LogP contribution in [0.25, 0.3) is 0 Å². The third-order valence-corrected chi connectivity index (χ3v) is 6.80. The average Bonchev–Trinajstić information content (AvgIpc) is 3.19. The summed E-state index contributed by atoms with van der Waals surface area (Å²) in [5.74, 6) is 0.482. The Kier molecular flexibility index (Phi) is 8.36. The summed E-state index contributed by atoms with van der Waals surface area (Å²) < 4.78 is 5.53. The maximum Gasteiger partial charge on any atom is 0.407 e. The number of aryl methyl sites for hydroxylation is 1. The minimum Gasteiger partial charge on any atom is -0.444 e. The lowest BCUT2D eigenvalue weighted by Gasteiger charge is -2.40. The van der Waals surface area contributed by atoms with Gasteiger partial charge in [-0.25, -0.2) is 4.79 Å². The average molecular weight is 483 g/mol. The standard InChI is InChI=1S/C29H46N4O2/c1-20(2)16-24(32-26(34)35-28(6,7)8)13-15-30-29(14-12-25-21(18-29)19-31-33-25)23-11-9-10-22(17-23)27(3,4)5/h9-11,17,19-20,24,30H,12-16,18H2,1-8H3,(H,31,33)(H,32,34)/t24-,29?/m1/s1. The number of carbonyl (C=O) groups excluding carboxylic acids is 1. The summed E-state index contributed by atoms with van der Waals surface area (Å²) in [6.45, 7) is 17.7. The van der Waals surface area contributed by atoms with E-state index in [2.05, 4.69) is 79.7 Å². The molecule has 1 unspecified atom stereocenters. The molecule has 0 aliphatic heterocycles. The molecule has 2 atom stereocenters.